The average Bonchev–Trinajstić information content (AvgIpc) is 2.47. The fourth-order valence-electron chi connectivity index (χ4n) is 1.38. The van der Waals surface area contributed by atoms with Gasteiger partial charge < -0.3 is 5.73 Å². The highest BCUT2D eigenvalue weighted by Crippen LogP contribution is 2.13. The van der Waals surface area contributed by atoms with Crippen LogP contribution in [-0.2, 0) is 0 Å². The molecule has 0 aliphatic rings. The molecule has 0 radical (unpaired) electrons. The van der Waals surface area contributed by atoms with Crippen molar-refractivity contribution >= 4 is 5.82 Å². The number of benzene rings is 1. The van der Waals surface area contributed by atoms with E-state index in [2.05, 4.69) is 24.2 Å². The SMILES string of the molecule is Cc1cccc(-n2cc(C)c(N)n2)c1. The molecule has 3 nitrogen and oxygen atoms in total. The van der Waals surface area contributed by atoms with Gasteiger partial charge in [0.25, 0.3) is 0 Å². The van der Waals surface area contributed by atoms with Crippen molar-refractivity contribution in [2.45, 2.75) is 13.8 Å². The van der Waals surface area contributed by atoms with Gasteiger partial charge in [0.2, 0.25) is 0 Å². The molecular formula is C11H13N3. The summed E-state index contributed by atoms with van der Waals surface area (Å²) in [5.74, 6) is 0.589. The Morgan fingerprint density at radius 3 is 2.64 bits per heavy atom. The fraction of sp³-hybridized carbons (Fsp3) is 0.182. The molecule has 0 unspecified atom stereocenters. The van der Waals surface area contributed by atoms with E-state index in [-0.39, 0.29) is 0 Å². The molecule has 2 N–H and O–H groups in total. The molecule has 3 heteroatoms. The summed E-state index contributed by atoms with van der Waals surface area (Å²) in [4.78, 5) is 0. The van der Waals surface area contributed by atoms with Crippen LogP contribution in [0.15, 0.2) is 30.5 Å². The van der Waals surface area contributed by atoms with Gasteiger partial charge in [-0.2, -0.15) is 5.10 Å². The van der Waals surface area contributed by atoms with Crippen LogP contribution in [0.25, 0.3) is 5.69 Å². The van der Waals surface area contributed by atoms with Crippen LogP contribution in [0, 0.1) is 13.8 Å². The first-order valence-electron chi connectivity index (χ1n) is 4.55. The van der Waals surface area contributed by atoms with E-state index in [1.807, 2.05) is 25.3 Å². The highest BCUT2D eigenvalue weighted by Gasteiger charge is 2.02. The van der Waals surface area contributed by atoms with Crippen LogP contribution in [0.4, 0.5) is 5.82 Å². The van der Waals surface area contributed by atoms with Crippen LogP contribution in [-0.4, -0.2) is 9.78 Å². The van der Waals surface area contributed by atoms with Gasteiger partial charge in [-0.15, -0.1) is 0 Å². The Bertz CT molecular complexity index is 438. The molecule has 0 bridgehead atoms. The number of nitrogen functional groups attached to an aromatic ring is 1. The average molecular weight is 187 g/mol. The molecule has 2 aromatic rings. The lowest BCUT2D eigenvalue weighted by atomic mass is 10.2. The topological polar surface area (TPSA) is 43.8 Å². The number of hydrogen-bond donors (Lipinski definition) is 1. The summed E-state index contributed by atoms with van der Waals surface area (Å²) >= 11 is 0. The Morgan fingerprint density at radius 1 is 1.29 bits per heavy atom. The van der Waals surface area contributed by atoms with E-state index in [1.165, 1.54) is 5.56 Å². The van der Waals surface area contributed by atoms with E-state index in [0.29, 0.717) is 5.82 Å². The number of nitrogens with zero attached hydrogens (tertiary/aromatic N) is 2. The first-order chi connectivity index (χ1) is 6.66. The fourth-order valence-corrected chi connectivity index (χ4v) is 1.38. The van der Waals surface area contributed by atoms with Crippen LogP contribution in [0.1, 0.15) is 11.1 Å². The lowest BCUT2D eigenvalue weighted by Crippen LogP contribution is -1.96. The zero-order valence-corrected chi connectivity index (χ0v) is 8.36. The zero-order chi connectivity index (χ0) is 10.1. The second-order valence-corrected chi connectivity index (χ2v) is 3.48. The van der Waals surface area contributed by atoms with Gasteiger partial charge in [0, 0.05) is 11.8 Å². The number of rotatable bonds is 1. The quantitative estimate of drug-likeness (QED) is 0.742. The molecule has 0 fully saturated rings. The Labute approximate surface area is 83.2 Å². The maximum Gasteiger partial charge on any atom is 0.148 e. The van der Waals surface area contributed by atoms with Gasteiger partial charge in [0.05, 0.1) is 5.69 Å². The maximum atomic E-state index is 5.68. The van der Waals surface area contributed by atoms with Crippen molar-refractivity contribution in [1.29, 1.82) is 0 Å². The lowest BCUT2D eigenvalue weighted by molar-refractivity contribution is 0.884. The molecule has 0 aliphatic heterocycles. The second kappa shape index (κ2) is 3.18. The van der Waals surface area contributed by atoms with E-state index in [9.17, 15) is 0 Å². The molecule has 72 valence electrons. The van der Waals surface area contributed by atoms with Crippen molar-refractivity contribution in [2.24, 2.45) is 0 Å². The smallest absolute Gasteiger partial charge is 0.148 e. The van der Waals surface area contributed by atoms with Gasteiger partial charge in [-0.05, 0) is 31.5 Å². The Morgan fingerprint density at radius 2 is 2.07 bits per heavy atom. The Hall–Kier alpha value is -1.77. The van der Waals surface area contributed by atoms with Crippen molar-refractivity contribution in [3.8, 4) is 5.69 Å². The first-order valence-corrected chi connectivity index (χ1v) is 4.55. The third-order valence-corrected chi connectivity index (χ3v) is 2.20. The van der Waals surface area contributed by atoms with Crippen LogP contribution < -0.4 is 5.73 Å². The largest absolute Gasteiger partial charge is 0.382 e. The number of anilines is 1. The van der Waals surface area contributed by atoms with E-state index >= 15 is 0 Å². The first kappa shape index (κ1) is 8.81. The van der Waals surface area contributed by atoms with Crippen LogP contribution in [0.2, 0.25) is 0 Å². The molecule has 1 aromatic heterocycles. The Balaban J connectivity index is 2.49. The second-order valence-electron chi connectivity index (χ2n) is 3.48. The number of hydrogen-bond acceptors (Lipinski definition) is 2. The van der Waals surface area contributed by atoms with Crippen molar-refractivity contribution in [2.75, 3.05) is 5.73 Å². The zero-order valence-electron chi connectivity index (χ0n) is 8.36. The molecule has 0 amide bonds. The summed E-state index contributed by atoms with van der Waals surface area (Å²) in [6.45, 7) is 4.01. The van der Waals surface area contributed by atoms with Gasteiger partial charge in [-0.1, -0.05) is 12.1 Å². The van der Waals surface area contributed by atoms with Gasteiger partial charge in [0.15, 0.2) is 0 Å². The summed E-state index contributed by atoms with van der Waals surface area (Å²) < 4.78 is 1.80. The van der Waals surface area contributed by atoms with Gasteiger partial charge >= 0.3 is 0 Å². The number of nitrogens with two attached hydrogens (primary N) is 1. The molecule has 0 spiro atoms. The minimum atomic E-state index is 0.589. The lowest BCUT2D eigenvalue weighted by Gasteiger charge is -2.01. The molecule has 0 atom stereocenters. The molecule has 0 saturated carbocycles. The van der Waals surface area contributed by atoms with Crippen LogP contribution >= 0.6 is 0 Å². The highest BCUT2D eigenvalue weighted by molar-refractivity contribution is 5.41. The summed E-state index contributed by atoms with van der Waals surface area (Å²) in [6, 6.07) is 8.16. The van der Waals surface area contributed by atoms with E-state index < -0.39 is 0 Å². The molecule has 1 aromatic carbocycles. The minimum absolute atomic E-state index is 0.589. The van der Waals surface area contributed by atoms with Crippen molar-refractivity contribution < 1.29 is 0 Å². The van der Waals surface area contributed by atoms with E-state index in [1.54, 1.807) is 4.68 Å². The predicted octanol–water partition coefficient (Wildman–Crippen LogP) is 2.07. The van der Waals surface area contributed by atoms with E-state index in [4.69, 9.17) is 5.73 Å². The maximum absolute atomic E-state index is 5.68. The third kappa shape index (κ3) is 1.48. The number of aryl methyl sites for hydroxylation is 2. The van der Waals surface area contributed by atoms with Gasteiger partial charge in [-0.25, -0.2) is 4.68 Å². The molecule has 14 heavy (non-hydrogen) atoms. The summed E-state index contributed by atoms with van der Waals surface area (Å²) in [7, 11) is 0. The normalized spacial score (nSPS) is 10.4. The molecule has 1 heterocycles. The summed E-state index contributed by atoms with van der Waals surface area (Å²) in [5.41, 5.74) is 8.95. The van der Waals surface area contributed by atoms with Gasteiger partial charge in [0.1, 0.15) is 5.82 Å². The summed E-state index contributed by atoms with van der Waals surface area (Å²) in [5, 5.41) is 4.22. The van der Waals surface area contributed by atoms with Crippen molar-refractivity contribution in [3.05, 3.63) is 41.6 Å². The van der Waals surface area contributed by atoms with Crippen LogP contribution in [0.5, 0.6) is 0 Å². The van der Waals surface area contributed by atoms with Crippen molar-refractivity contribution in [3.63, 3.8) is 0 Å². The van der Waals surface area contributed by atoms with E-state index in [0.717, 1.165) is 11.3 Å². The molecule has 0 aliphatic carbocycles. The van der Waals surface area contributed by atoms with Gasteiger partial charge in [-0.3, -0.25) is 0 Å². The molecule has 2 rings (SSSR count). The summed E-state index contributed by atoms with van der Waals surface area (Å²) in [6.07, 6.45) is 1.93. The minimum Gasteiger partial charge on any atom is -0.382 e. The Kier molecular flexibility index (Phi) is 2.00. The predicted molar refractivity (Wildman–Crippen MR) is 57.5 cm³/mol. The monoisotopic (exact) mass is 187 g/mol. The third-order valence-electron chi connectivity index (χ3n) is 2.20. The molecular weight excluding hydrogens is 174 g/mol. The van der Waals surface area contributed by atoms with Crippen molar-refractivity contribution in [1.82, 2.24) is 9.78 Å². The van der Waals surface area contributed by atoms with Crippen LogP contribution in [0.3, 0.4) is 0 Å². The standard InChI is InChI=1S/C11H13N3/c1-8-4-3-5-10(6-8)14-7-9(2)11(12)13-14/h3-7H,1-2H3,(H2,12,13). The number of aromatic nitrogens is 2. The molecule has 0 saturated heterocycles. The highest BCUT2D eigenvalue weighted by atomic mass is 15.3.